The van der Waals surface area contributed by atoms with Crippen LogP contribution in [0.3, 0.4) is 0 Å². The number of nitrogens with zero attached hydrogens (tertiary/aromatic N) is 4. The van der Waals surface area contributed by atoms with Crippen molar-refractivity contribution >= 4 is 46.0 Å². The number of benzene rings is 4. The van der Waals surface area contributed by atoms with Gasteiger partial charge in [0.25, 0.3) is 0 Å². The fourth-order valence-corrected chi connectivity index (χ4v) is 4.56. The number of aliphatic imine (C=N–C) groups is 2. The van der Waals surface area contributed by atoms with Gasteiger partial charge in [-0.2, -0.15) is 0 Å². The molecule has 4 aromatic rings. The van der Waals surface area contributed by atoms with Crippen LogP contribution in [0.25, 0.3) is 10.6 Å². The van der Waals surface area contributed by atoms with E-state index in [0.717, 1.165) is 5.56 Å². The minimum atomic E-state index is -0.371. The second-order valence-corrected chi connectivity index (χ2v) is 9.56. The summed E-state index contributed by atoms with van der Waals surface area (Å²) in [5, 5.41) is 17.4. The molecule has 0 aliphatic carbocycles. The van der Waals surface area contributed by atoms with Crippen molar-refractivity contribution in [3.05, 3.63) is 112 Å². The number of rotatable bonds is 8. The molecule has 47 heavy (non-hydrogen) atoms. The van der Waals surface area contributed by atoms with E-state index < -0.39 is 0 Å². The van der Waals surface area contributed by atoms with Crippen LogP contribution in [-0.4, -0.2) is 48.7 Å². The Bertz CT molecular complexity index is 1820. The third-order valence-corrected chi connectivity index (χ3v) is 6.63. The minimum absolute atomic E-state index is 0. The number of carbonyl (C=O) groups is 2. The molecular formula is C36H26N4O6W. The van der Waals surface area contributed by atoms with Gasteiger partial charge in [-0.25, -0.2) is 9.98 Å². The van der Waals surface area contributed by atoms with Crippen LogP contribution >= 0.6 is 0 Å². The number of hydrogen-bond donors (Lipinski definition) is 1. The maximum absolute atomic E-state index is 12.0. The van der Waals surface area contributed by atoms with E-state index in [1.54, 1.807) is 54.6 Å². The van der Waals surface area contributed by atoms with Gasteiger partial charge in [-0.15, -0.1) is 24.2 Å². The average molecular weight is 794 g/mol. The maximum Gasteiger partial charge on any atom is 2.00 e. The van der Waals surface area contributed by atoms with Crippen LogP contribution in [0.5, 0.6) is 17.2 Å². The Morgan fingerprint density at radius 2 is 1.19 bits per heavy atom. The third kappa shape index (κ3) is 7.95. The van der Waals surface area contributed by atoms with Crippen molar-refractivity contribution < 1.29 is 50.0 Å². The number of fused-ring (bicyclic) bond motifs is 2. The van der Waals surface area contributed by atoms with Gasteiger partial charge in [0.2, 0.25) is 0 Å². The van der Waals surface area contributed by atoms with Gasteiger partial charge in [0.05, 0.1) is 36.5 Å². The van der Waals surface area contributed by atoms with Crippen molar-refractivity contribution in [1.82, 2.24) is 0 Å². The van der Waals surface area contributed by atoms with Crippen LogP contribution in [0.1, 0.15) is 16.7 Å². The summed E-state index contributed by atoms with van der Waals surface area (Å²) in [5.74, 6) is 5.56. The van der Waals surface area contributed by atoms with Gasteiger partial charge in [-0.3, -0.25) is 0 Å². The van der Waals surface area contributed by atoms with Crippen LogP contribution in [0.15, 0.2) is 94.9 Å². The molecule has 0 unspecified atom stereocenters. The summed E-state index contributed by atoms with van der Waals surface area (Å²) in [4.78, 5) is 32.8. The van der Waals surface area contributed by atoms with E-state index in [2.05, 4.69) is 32.5 Å². The molecule has 2 aliphatic heterocycles. The Balaban J connectivity index is 0.000000208. The van der Waals surface area contributed by atoms with Crippen LogP contribution in [0.2, 0.25) is 0 Å². The Hall–Kier alpha value is -5.67. The van der Waals surface area contributed by atoms with E-state index in [4.69, 9.17) is 27.1 Å². The van der Waals surface area contributed by atoms with Crippen LogP contribution in [0, 0.1) is 24.7 Å². The summed E-state index contributed by atoms with van der Waals surface area (Å²) < 4.78 is 16.0. The van der Waals surface area contributed by atoms with Crippen molar-refractivity contribution in [3.63, 3.8) is 0 Å². The molecule has 4 aromatic carbocycles. The number of methoxy groups -OCH3 is 1. The maximum atomic E-state index is 12.0. The molecule has 0 bridgehead atoms. The molecular weight excluding hydrogens is 768 g/mol. The number of hydrogen-bond acceptors (Lipinski definition) is 8. The fourth-order valence-electron chi connectivity index (χ4n) is 4.56. The summed E-state index contributed by atoms with van der Waals surface area (Å²) in [6, 6.07) is 24.7. The monoisotopic (exact) mass is 794 g/mol. The Labute approximate surface area is 286 Å². The largest absolute Gasteiger partial charge is 2.00 e. The summed E-state index contributed by atoms with van der Waals surface area (Å²) in [6.07, 6.45) is 10.3. The van der Waals surface area contributed by atoms with E-state index >= 15 is 0 Å². The summed E-state index contributed by atoms with van der Waals surface area (Å²) >= 11 is 0. The second kappa shape index (κ2) is 16.1. The first-order valence-corrected chi connectivity index (χ1v) is 13.9. The molecule has 0 fully saturated rings. The van der Waals surface area contributed by atoms with E-state index in [-0.39, 0.29) is 52.7 Å². The van der Waals surface area contributed by atoms with Gasteiger partial charge in [0, 0.05) is 11.6 Å². The van der Waals surface area contributed by atoms with Gasteiger partial charge < -0.3 is 39.5 Å². The van der Waals surface area contributed by atoms with E-state index in [9.17, 15) is 14.7 Å². The topological polar surface area (TPSA) is 135 Å². The number of terminal acetylenes is 2. The number of ether oxygens (including phenoxy) is 3. The van der Waals surface area contributed by atoms with Crippen molar-refractivity contribution in [3.8, 4) is 41.9 Å². The van der Waals surface area contributed by atoms with E-state index in [1.165, 1.54) is 7.11 Å². The molecule has 0 radical (unpaired) electrons. The van der Waals surface area contributed by atoms with Gasteiger partial charge in [-0.1, -0.05) is 60.4 Å². The Kier molecular flexibility index (Phi) is 11.7. The zero-order chi connectivity index (χ0) is 32.5. The Morgan fingerprint density at radius 3 is 1.70 bits per heavy atom. The number of aliphatic hydroxyl groups excluding tert-OH is 1. The van der Waals surface area contributed by atoms with Gasteiger partial charge >= 0.3 is 21.1 Å². The quantitative estimate of drug-likeness (QED) is 0.211. The van der Waals surface area contributed by atoms with Crippen molar-refractivity contribution in [1.29, 1.82) is 0 Å². The van der Waals surface area contributed by atoms with Gasteiger partial charge in [0.1, 0.15) is 30.8 Å². The van der Waals surface area contributed by atoms with Crippen molar-refractivity contribution in [2.45, 2.75) is 6.61 Å². The zero-order valence-corrected chi connectivity index (χ0v) is 28.0. The first-order chi connectivity index (χ1) is 22.4. The van der Waals surface area contributed by atoms with Gasteiger partial charge in [0.15, 0.2) is 11.5 Å². The minimum Gasteiger partial charge on any atom is -0.621 e. The molecule has 6 rings (SSSR count). The first-order valence-electron chi connectivity index (χ1n) is 13.9. The molecule has 2 amide bonds. The Morgan fingerprint density at radius 1 is 0.702 bits per heavy atom. The van der Waals surface area contributed by atoms with Crippen LogP contribution < -0.4 is 14.2 Å². The molecule has 0 aromatic heterocycles. The van der Waals surface area contributed by atoms with E-state index in [0.29, 0.717) is 62.5 Å². The average Bonchev–Trinajstić information content (AvgIpc) is 3.57. The number of carbonyl (C=O) groups excluding carboxylic acids is 2. The summed E-state index contributed by atoms with van der Waals surface area (Å²) in [7, 11) is 1.53. The molecule has 2 aliphatic rings. The van der Waals surface area contributed by atoms with Gasteiger partial charge in [-0.05, 0) is 41.5 Å². The summed E-state index contributed by atoms with van der Waals surface area (Å²) in [5.41, 5.74) is 4.96. The fraction of sp³-hybridized carbons (Fsp3) is 0.111. The molecule has 11 heteroatoms. The molecule has 1 N–H and O–H groups in total. The second-order valence-electron chi connectivity index (χ2n) is 9.56. The zero-order valence-electron chi connectivity index (χ0n) is 25.0. The molecule has 0 saturated heterocycles. The molecule has 2 heterocycles. The smallest absolute Gasteiger partial charge is 0.621 e. The van der Waals surface area contributed by atoms with Crippen LogP contribution in [0.4, 0.5) is 22.7 Å². The first kappa shape index (κ1) is 34.2. The predicted molar refractivity (Wildman–Crippen MR) is 175 cm³/mol. The normalized spacial score (nSPS) is 13.9. The van der Waals surface area contributed by atoms with Crippen molar-refractivity contribution in [2.24, 2.45) is 9.98 Å². The predicted octanol–water partition coefficient (Wildman–Crippen LogP) is 6.23. The van der Waals surface area contributed by atoms with E-state index in [1.807, 2.05) is 30.3 Å². The molecule has 10 nitrogen and oxygen atoms in total. The standard InChI is InChI=1S/2C18H14N2O3.W/c1-3-10-23-15-9-8-12(11-16(15)22-2)19-17-13-6-4-5-7-14(13)20-18(17)21;1-2-9-23-16-8-7-13(10-12(16)11-21)19-17-14-5-3-4-6-15(14)20-18(17)22;/h1,4-9,11H,10H2,2H3,(H,19,20,21);1,3-8,10,21H,9,11H2,(H,19,20,22);/q;;+2/p-2. The number of amides is 2. The van der Waals surface area contributed by atoms with Crippen LogP contribution in [-0.2, 0) is 37.3 Å². The molecule has 232 valence electrons. The SMILES string of the molecule is C#CCOc1ccc(N=C2C(=O)[N-]c3ccccc32)cc1CO.C#CCOc1ccc(N=C2C(=O)[N-]c3ccccc32)cc1OC.[W+2]. The van der Waals surface area contributed by atoms with Crippen molar-refractivity contribution in [2.75, 3.05) is 20.3 Å². The summed E-state index contributed by atoms with van der Waals surface area (Å²) in [6.45, 7) is 0.0497. The number of aliphatic hydroxyl groups is 1. The molecule has 0 spiro atoms. The number of para-hydroxylation sites is 2. The molecule has 0 atom stereocenters. The third-order valence-electron chi connectivity index (χ3n) is 6.63. The molecule has 0 saturated carbocycles.